The van der Waals surface area contributed by atoms with Crippen LogP contribution in [0, 0.1) is 6.92 Å². The Hall–Kier alpha value is -3.94. The van der Waals surface area contributed by atoms with Crippen molar-refractivity contribution >= 4 is 34.3 Å². The average Bonchev–Trinajstić information content (AvgIpc) is 2.78. The Bertz CT molecular complexity index is 1300. The molecule has 0 atom stereocenters. The smallest absolute Gasteiger partial charge is 0.410 e. The van der Waals surface area contributed by atoms with Crippen LogP contribution in [0.3, 0.4) is 0 Å². The zero-order chi connectivity index (χ0) is 25.2. The van der Waals surface area contributed by atoms with Crippen LogP contribution in [0.5, 0.6) is 0 Å². The molecular weight excluding hydrogens is 442 g/mol. The molecule has 35 heavy (non-hydrogen) atoms. The van der Waals surface area contributed by atoms with Crippen molar-refractivity contribution in [2.75, 3.05) is 24.1 Å². The van der Waals surface area contributed by atoms with Gasteiger partial charge in [0.2, 0.25) is 5.91 Å². The molecule has 1 aliphatic heterocycles. The van der Waals surface area contributed by atoms with Gasteiger partial charge in [-0.15, -0.1) is 0 Å². The molecule has 8 heteroatoms. The number of carbonyl (C=O) groups is 2. The third kappa shape index (κ3) is 5.95. The number of nitrogens with zero attached hydrogens (tertiary/aromatic N) is 3. The second kappa shape index (κ2) is 9.74. The molecule has 3 heterocycles. The van der Waals surface area contributed by atoms with E-state index in [1.807, 2.05) is 58.2 Å². The molecule has 2 amide bonds. The minimum Gasteiger partial charge on any atom is -0.444 e. The largest absolute Gasteiger partial charge is 0.444 e. The first kappa shape index (κ1) is 24.2. The first-order valence-electron chi connectivity index (χ1n) is 11.7. The summed E-state index contributed by atoms with van der Waals surface area (Å²) in [6.07, 6.45) is 7.79. The summed E-state index contributed by atoms with van der Waals surface area (Å²) in [6.45, 7) is 8.62. The Kier molecular flexibility index (Phi) is 6.73. The first-order chi connectivity index (χ1) is 16.6. The summed E-state index contributed by atoms with van der Waals surface area (Å²) in [6, 6.07) is 7.72. The van der Waals surface area contributed by atoms with Crippen LogP contribution in [0.1, 0.15) is 39.2 Å². The highest BCUT2D eigenvalue weighted by Crippen LogP contribution is 2.31. The molecule has 182 valence electrons. The fourth-order valence-electron chi connectivity index (χ4n) is 4.07. The predicted octanol–water partition coefficient (Wildman–Crippen LogP) is 5.08. The third-order valence-electron chi connectivity index (χ3n) is 5.86. The number of nitrogens with two attached hydrogens (primary N) is 1. The molecule has 1 aromatic carbocycles. The zero-order valence-corrected chi connectivity index (χ0v) is 20.6. The number of hydrogen-bond donors (Lipinski definition) is 2. The minimum absolute atomic E-state index is 0.246. The standard InChI is InChI=1S/C27H31N5O3/c1-17-5-8-29-15-21(17)19-12-20-14-24(30-16-22(20)23(28)13-19)31-25(33)11-18-6-9-32(10-7-18)26(34)35-27(2,3)4/h5,8,11-16H,6-7,9-10,28H2,1-4H3,(H,30,31,33). The molecular formula is C27H31N5O3. The van der Waals surface area contributed by atoms with E-state index in [0.717, 1.165) is 33.0 Å². The maximum atomic E-state index is 12.7. The van der Waals surface area contributed by atoms with Crippen molar-refractivity contribution in [3.63, 3.8) is 0 Å². The van der Waals surface area contributed by atoms with Gasteiger partial charge in [-0.05, 0) is 81.3 Å². The number of anilines is 2. The summed E-state index contributed by atoms with van der Waals surface area (Å²) in [5, 5.41) is 4.55. The van der Waals surface area contributed by atoms with E-state index < -0.39 is 5.60 Å². The highest BCUT2D eigenvalue weighted by Gasteiger charge is 2.24. The van der Waals surface area contributed by atoms with Gasteiger partial charge in [0.15, 0.2) is 0 Å². The van der Waals surface area contributed by atoms with Crippen LogP contribution in [0.15, 0.2) is 54.5 Å². The number of pyridine rings is 2. The zero-order valence-electron chi connectivity index (χ0n) is 20.6. The van der Waals surface area contributed by atoms with Gasteiger partial charge in [-0.3, -0.25) is 9.78 Å². The van der Waals surface area contributed by atoms with E-state index in [4.69, 9.17) is 10.5 Å². The Balaban J connectivity index is 1.45. The van der Waals surface area contributed by atoms with Crippen LogP contribution >= 0.6 is 0 Å². The number of fused-ring (bicyclic) bond motifs is 1. The molecule has 4 rings (SSSR count). The average molecular weight is 474 g/mol. The number of rotatable bonds is 3. The number of nitrogens with one attached hydrogen (secondary N) is 1. The summed E-state index contributed by atoms with van der Waals surface area (Å²) >= 11 is 0. The van der Waals surface area contributed by atoms with Crippen molar-refractivity contribution in [2.45, 2.75) is 46.1 Å². The molecule has 0 radical (unpaired) electrons. The van der Waals surface area contributed by atoms with Crippen LogP contribution in [-0.2, 0) is 9.53 Å². The molecule has 1 fully saturated rings. The molecule has 1 saturated heterocycles. The number of piperidine rings is 1. The van der Waals surface area contributed by atoms with Gasteiger partial charge in [0.05, 0.1) is 0 Å². The fraction of sp³-hybridized carbons (Fsp3) is 0.333. The lowest BCUT2D eigenvalue weighted by atomic mass is 9.99. The van der Waals surface area contributed by atoms with Gasteiger partial charge in [0, 0.05) is 54.4 Å². The quantitative estimate of drug-likeness (QED) is 0.405. The number of ether oxygens (including phenoxy) is 1. The van der Waals surface area contributed by atoms with Gasteiger partial charge in [0.25, 0.3) is 0 Å². The minimum atomic E-state index is -0.526. The number of aromatic nitrogens is 2. The Morgan fingerprint density at radius 3 is 2.57 bits per heavy atom. The SMILES string of the molecule is Cc1ccncc1-c1cc(N)c2cnc(NC(=O)C=C3CCN(C(=O)OC(C)(C)C)CC3)cc2c1. The molecule has 0 spiro atoms. The molecule has 3 N–H and O–H groups in total. The van der Waals surface area contributed by atoms with E-state index in [9.17, 15) is 9.59 Å². The highest BCUT2D eigenvalue weighted by atomic mass is 16.6. The van der Waals surface area contributed by atoms with Crippen LogP contribution in [0.25, 0.3) is 21.9 Å². The summed E-state index contributed by atoms with van der Waals surface area (Å²) in [7, 11) is 0. The van der Waals surface area contributed by atoms with Gasteiger partial charge < -0.3 is 20.7 Å². The molecule has 0 aliphatic carbocycles. The Morgan fingerprint density at radius 1 is 1.14 bits per heavy atom. The molecule has 8 nitrogen and oxygen atoms in total. The van der Waals surface area contributed by atoms with Crippen molar-refractivity contribution in [3.8, 4) is 11.1 Å². The molecule has 1 aliphatic rings. The van der Waals surface area contributed by atoms with Crippen molar-refractivity contribution in [3.05, 3.63) is 60.1 Å². The van der Waals surface area contributed by atoms with Gasteiger partial charge >= 0.3 is 6.09 Å². The van der Waals surface area contributed by atoms with E-state index in [1.165, 1.54) is 0 Å². The molecule has 3 aromatic rings. The maximum absolute atomic E-state index is 12.7. The van der Waals surface area contributed by atoms with Crippen molar-refractivity contribution in [2.24, 2.45) is 0 Å². The van der Waals surface area contributed by atoms with Gasteiger partial charge in [0.1, 0.15) is 11.4 Å². The lowest BCUT2D eigenvalue weighted by Crippen LogP contribution is -2.40. The van der Waals surface area contributed by atoms with Gasteiger partial charge in [-0.1, -0.05) is 5.57 Å². The van der Waals surface area contributed by atoms with Crippen LogP contribution in [-0.4, -0.2) is 45.6 Å². The number of amides is 2. The van der Waals surface area contributed by atoms with Crippen molar-refractivity contribution in [1.82, 2.24) is 14.9 Å². The van der Waals surface area contributed by atoms with E-state index in [1.54, 1.807) is 23.4 Å². The monoisotopic (exact) mass is 473 g/mol. The Morgan fingerprint density at radius 2 is 1.89 bits per heavy atom. The highest BCUT2D eigenvalue weighted by molar-refractivity contribution is 6.02. The van der Waals surface area contributed by atoms with Crippen LogP contribution in [0.2, 0.25) is 0 Å². The second-order valence-corrected chi connectivity index (χ2v) is 9.81. The number of likely N-dealkylation sites (tertiary alicyclic amines) is 1. The second-order valence-electron chi connectivity index (χ2n) is 9.81. The number of carbonyl (C=O) groups excluding carboxylic acids is 2. The first-order valence-corrected chi connectivity index (χ1v) is 11.7. The maximum Gasteiger partial charge on any atom is 0.410 e. The molecule has 2 aromatic heterocycles. The number of nitrogen functional groups attached to an aromatic ring is 1. The topological polar surface area (TPSA) is 110 Å². The summed E-state index contributed by atoms with van der Waals surface area (Å²) in [4.78, 5) is 35.2. The Labute approximate surface area is 205 Å². The van der Waals surface area contributed by atoms with Gasteiger partial charge in [-0.25, -0.2) is 9.78 Å². The van der Waals surface area contributed by atoms with Crippen LogP contribution < -0.4 is 11.1 Å². The predicted molar refractivity (Wildman–Crippen MR) is 138 cm³/mol. The summed E-state index contributed by atoms with van der Waals surface area (Å²) < 4.78 is 5.43. The number of aryl methyl sites for hydroxylation is 1. The third-order valence-corrected chi connectivity index (χ3v) is 5.86. The normalized spacial score (nSPS) is 14.1. The number of benzene rings is 1. The molecule has 0 unspecified atom stereocenters. The van der Waals surface area contributed by atoms with E-state index >= 15 is 0 Å². The number of hydrogen-bond acceptors (Lipinski definition) is 6. The molecule has 0 saturated carbocycles. The van der Waals surface area contributed by atoms with Crippen molar-refractivity contribution < 1.29 is 14.3 Å². The van der Waals surface area contributed by atoms with E-state index in [2.05, 4.69) is 15.3 Å². The summed E-state index contributed by atoms with van der Waals surface area (Å²) in [5.74, 6) is 0.204. The lowest BCUT2D eigenvalue weighted by Gasteiger charge is -2.30. The molecule has 0 bridgehead atoms. The summed E-state index contributed by atoms with van der Waals surface area (Å²) in [5.41, 5.74) is 10.4. The van der Waals surface area contributed by atoms with E-state index in [-0.39, 0.29) is 12.0 Å². The van der Waals surface area contributed by atoms with Crippen molar-refractivity contribution in [1.29, 1.82) is 0 Å². The lowest BCUT2D eigenvalue weighted by molar-refractivity contribution is -0.112. The van der Waals surface area contributed by atoms with E-state index in [0.29, 0.717) is 37.4 Å². The van der Waals surface area contributed by atoms with Crippen LogP contribution in [0.4, 0.5) is 16.3 Å². The fourth-order valence-corrected chi connectivity index (χ4v) is 4.07. The van der Waals surface area contributed by atoms with Gasteiger partial charge in [-0.2, -0.15) is 0 Å².